The van der Waals surface area contributed by atoms with Crippen LogP contribution in [-0.2, 0) is 32.9 Å². The van der Waals surface area contributed by atoms with Crippen molar-refractivity contribution >= 4 is 37.2 Å². The number of nitrogens with zero attached hydrogens (tertiary/aromatic N) is 5. The van der Waals surface area contributed by atoms with Crippen molar-refractivity contribution in [2.24, 2.45) is 5.92 Å². The highest BCUT2D eigenvalue weighted by molar-refractivity contribution is 6.71. The monoisotopic (exact) mass is 677 g/mol. The van der Waals surface area contributed by atoms with Crippen LogP contribution in [0.25, 0.3) is 0 Å². The van der Waals surface area contributed by atoms with Crippen molar-refractivity contribution in [2.45, 2.75) is 69.0 Å². The highest BCUT2D eigenvalue weighted by Crippen LogP contribution is 2.60. The van der Waals surface area contributed by atoms with Crippen LogP contribution < -0.4 is 9.80 Å². The van der Waals surface area contributed by atoms with Crippen molar-refractivity contribution in [3.63, 3.8) is 0 Å². The van der Waals surface area contributed by atoms with E-state index in [0.717, 1.165) is 22.5 Å². The minimum atomic E-state index is -2.90. The molecule has 5 atom stereocenters. The summed E-state index contributed by atoms with van der Waals surface area (Å²) in [5.74, 6) is -0.829. The molecule has 1 spiro atoms. The van der Waals surface area contributed by atoms with Crippen molar-refractivity contribution in [3.05, 3.63) is 114 Å². The van der Waals surface area contributed by atoms with E-state index in [1.165, 1.54) is 0 Å². The summed E-state index contributed by atoms with van der Waals surface area (Å²) in [5, 5.41) is 18.9. The predicted molar refractivity (Wildman–Crippen MR) is 190 cm³/mol. The van der Waals surface area contributed by atoms with Crippen LogP contribution >= 0.6 is 0 Å². The molecular weight excluding hydrogens is 635 g/mol. The number of carbonyl (C=O) groups excluding carboxylic acids is 2. The third-order valence-electron chi connectivity index (χ3n) is 10.6. The first-order chi connectivity index (χ1) is 23.6. The Hall–Kier alpha value is -4.42. The minimum Gasteiger partial charge on any atom is -0.432 e. The predicted octanol–water partition coefficient (Wildman–Crippen LogP) is 5.43. The zero-order valence-electron chi connectivity index (χ0n) is 28.2. The second-order valence-electron chi connectivity index (χ2n) is 14.0. The Balaban J connectivity index is 1.24. The molecule has 1 fully saturated rings. The molecule has 11 heteroatoms. The number of aryl methyl sites for hydroxylation is 2. The van der Waals surface area contributed by atoms with Gasteiger partial charge < -0.3 is 19.5 Å². The van der Waals surface area contributed by atoms with Crippen LogP contribution in [0.1, 0.15) is 48.1 Å². The average Bonchev–Trinajstić information content (AvgIpc) is 3.75. The summed E-state index contributed by atoms with van der Waals surface area (Å²) in [7, 11) is -2.90. The summed E-state index contributed by atoms with van der Waals surface area (Å²) >= 11 is 0. The van der Waals surface area contributed by atoms with Crippen molar-refractivity contribution in [1.29, 1.82) is 0 Å². The summed E-state index contributed by atoms with van der Waals surface area (Å²) in [4.78, 5) is 43.3. The van der Waals surface area contributed by atoms with Crippen molar-refractivity contribution in [2.75, 3.05) is 23.0 Å². The summed E-state index contributed by atoms with van der Waals surface area (Å²) in [6, 6.07) is 23.4. The zero-order chi connectivity index (χ0) is 34.5. The number of rotatable bonds is 10. The van der Waals surface area contributed by atoms with Crippen LogP contribution in [-0.4, -0.2) is 64.3 Å². The van der Waals surface area contributed by atoms with E-state index in [2.05, 4.69) is 16.9 Å². The van der Waals surface area contributed by atoms with Crippen LogP contribution in [0.5, 0.6) is 0 Å². The number of anilines is 3. The Morgan fingerprint density at radius 1 is 1.06 bits per heavy atom. The van der Waals surface area contributed by atoms with E-state index in [1.807, 2.05) is 99.0 Å². The molecule has 2 amide bonds. The van der Waals surface area contributed by atoms with Gasteiger partial charge in [-0.05, 0) is 61.3 Å². The minimum absolute atomic E-state index is 0.00270. The molecule has 0 radical (unpaired) electrons. The highest BCUT2D eigenvalue weighted by Gasteiger charge is 2.66. The van der Waals surface area contributed by atoms with Crippen LogP contribution in [0.4, 0.5) is 17.1 Å². The Morgan fingerprint density at radius 3 is 2.55 bits per heavy atom. The van der Waals surface area contributed by atoms with Crippen molar-refractivity contribution < 1.29 is 24.2 Å². The lowest BCUT2D eigenvalue weighted by Crippen LogP contribution is -2.46. The van der Waals surface area contributed by atoms with Crippen LogP contribution in [0.15, 0.2) is 91.6 Å². The quantitative estimate of drug-likeness (QED) is 0.170. The molecule has 3 aliphatic rings. The van der Waals surface area contributed by atoms with Gasteiger partial charge in [0, 0.05) is 48.4 Å². The molecule has 49 heavy (non-hydrogen) atoms. The highest BCUT2D eigenvalue weighted by atomic mass is 28.4. The van der Waals surface area contributed by atoms with Gasteiger partial charge >= 0.3 is 0 Å². The number of aliphatic hydroxyl groups is 1. The standard InChI is InChI=1S/C38H43N5O5Si/c1-5-20-42-33-17-16-28(43-32-14-10-9-13-27(32)15-18-35(43)45)22-30(33)38(37(42)46)25(2)36(49(3,4)47)34(48-38)19-21-41-23-31(39-40-41)29(24-44)26-11-7-6-8-12-26/h5-14,16-17,22-23,25,29,34,36,44,47H,1,15,18-21,24H2,2-4H3/t25-,29?,34+,36-,38+/m1/s1. The first kappa shape index (κ1) is 33.1. The lowest BCUT2D eigenvalue weighted by molar-refractivity contribution is -0.145. The van der Waals surface area contributed by atoms with E-state index in [-0.39, 0.29) is 35.8 Å². The number of hydrogen-bond acceptors (Lipinski definition) is 7. The third-order valence-corrected chi connectivity index (χ3v) is 13.1. The van der Waals surface area contributed by atoms with Gasteiger partial charge in [0.15, 0.2) is 13.9 Å². The van der Waals surface area contributed by atoms with Gasteiger partial charge in [-0.15, -0.1) is 11.7 Å². The molecule has 3 aromatic carbocycles. The maximum Gasteiger partial charge on any atom is 0.264 e. The number of benzene rings is 3. The molecule has 10 nitrogen and oxygen atoms in total. The molecule has 3 aliphatic heterocycles. The van der Waals surface area contributed by atoms with E-state index in [4.69, 9.17) is 4.74 Å². The average molecular weight is 678 g/mol. The molecule has 0 saturated carbocycles. The van der Waals surface area contributed by atoms with Crippen LogP contribution in [0.3, 0.4) is 0 Å². The summed E-state index contributed by atoms with van der Waals surface area (Å²) < 4.78 is 8.77. The smallest absolute Gasteiger partial charge is 0.264 e. The van der Waals surface area contributed by atoms with E-state index in [1.54, 1.807) is 20.6 Å². The fraction of sp³-hybridized carbons (Fsp3) is 0.368. The number of aliphatic hydroxyl groups excluding tert-OH is 1. The van der Waals surface area contributed by atoms with Gasteiger partial charge in [-0.25, -0.2) is 0 Å². The molecular formula is C38H43N5O5Si. The first-order valence-corrected chi connectivity index (χ1v) is 20.0. The number of para-hydroxylation sites is 1. The topological polar surface area (TPSA) is 121 Å². The number of amides is 2. The van der Waals surface area contributed by atoms with Crippen LogP contribution in [0, 0.1) is 5.92 Å². The lowest BCUT2D eigenvalue weighted by atomic mass is 9.82. The maximum absolute atomic E-state index is 14.6. The van der Waals surface area contributed by atoms with E-state index >= 15 is 0 Å². The van der Waals surface area contributed by atoms with Gasteiger partial charge in [0.25, 0.3) is 5.91 Å². The number of carbonyl (C=O) groups is 2. The molecule has 1 unspecified atom stereocenters. The molecule has 2 N–H and O–H groups in total. The third kappa shape index (κ3) is 5.54. The van der Waals surface area contributed by atoms with E-state index in [9.17, 15) is 19.5 Å². The van der Waals surface area contributed by atoms with E-state index < -0.39 is 20.0 Å². The van der Waals surface area contributed by atoms with Crippen LogP contribution in [0.2, 0.25) is 18.6 Å². The molecule has 7 rings (SSSR count). The molecule has 1 aromatic heterocycles. The van der Waals surface area contributed by atoms with Gasteiger partial charge in [0.2, 0.25) is 5.91 Å². The Labute approximate surface area is 287 Å². The van der Waals surface area contributed by atoms with Gasteiger partial charge in [-0.2, -0.15) is 0 Å². The number of fused-ring (bicyclic) bond motifs is 3. The van der Waals surface area contributed by atoms with Gasteiger partial charge in [-0.1, -0.05) is 66.7 Å². The Bertz CT molecular complexity index is 1890. The number of ether oxygens (including phenoxy) is 1. The molecule has 4 heterocycles. The first-order valence-electron chi connectivity index (χ1n) is 17.0. The van der Waals surface area contributed by atoms with Crippen molar-refractivity contribution in [1.82, 2.24) is 15.0 Å². The van der Waals surface area contributed by atoms with E-state index in [0.29, 0.717) is 49.3 Å². The molecule has 0 aliphatic carbocycles. The molecule has 1 saturated heterocycles. The normalized spacial score (nSPS) is 24.0. The fourth-order valence-electron chi connectivity index (χ4n) is 8.39. The maximum atomic E-state index is 14.6. The number of aromatic nitrogens is 3. The Morgan fingerprint density at radius 2 is 1.82 bits per heavy atom. The summed E-state index contributed by atoms with van der Waals surface area (Å²) in [5.41, 5.74) is 4.08. The number of hydrogen-bond donors (Lipinski definition) is 2. The van der Waals surface area contributed by atoms with Gasteiger partial charge in [0.1, 0.15) is 0 Å². The van der Waals surface area contributed by atoms with Gasteiger partial charge in [-0.3, -0.25) is 19.2 Å². The molecule has 254 valence electrons. The second-order valence-corrected chi connectivity index (χ2v) is 17.9. The summed E-state index contributed by atoms with van der Waals surface area (Å²) in [6.45, 7) is 10.4. The van der Waals surface area contributed by atoms with Gasteiger partial charge in [0.05, 0.1) is 35.7 Å². The fourth-order valence-corrected chi connectivity index (χ4v) is 11.0. The largest absolute Gasteiger partial charge is 0.432 e. The SMILES string of the molecule is C=CCN1C(=O)[C@@]2(O[C@@H](CCn3cc(C(CO)c4ccccc4)nn3)[C@H]([Si](C)(C)O)[C@H]2C)c2cc(N3C(=O)CCc4ccccc43)ccc21. The Kier molecular flexibility index (Phi) is 8.64. The second kappa shape index (κ2) is 12.8. The van der Waals surface area contributed by atoms with Crippen molar-refractivity contribution in [3.8, 4) is 0 Å². The molecule has 0 bridgehead atoms. The summed E-state index contributed by atoms with van der Waals surface area (Å²) in [6.07, 6.45) is 4.68. The zero-order valence-corrected chi connectivity index (χ0v) is 29.2. The lowest BCUT2D eigenvalue weighted by Gasteiger charge is -2.33. The molecule has 4 aromatic rings.